The van der Waals surface area contributed by atoms with Crippen molar-refractivity contribution in [1.29, 1.82) is 0 Å². The quantitative estimate of drug-likeness (QED) is 0.0588. The highest BCUT2D eigenvalue weighted by molar-refractivity contribution is 6.12. The molecule has 2 N–H and O–H groups in total. The zero-order valence-corrected chi connectivity index (χ0v) is 25.8. The summed E-state index contributed by atoms with van der Waals surface area (Å²) in [5.41, 5.74) is 0. The molecule has 0 saturated carbocycles. The fourth-order valence-electron chi connectivity index (χ4n) is 3.21. The van der Waals surface area contributed by atoms with E-state index in [1.54, 1.807) is 0 Å². The van der Waals surface area contributed by atoms with Crippen LogP contribution in [0.25, 0.3) is 0 Å². The topological polar surface area (TPSA) is 196 Å². The molecule has 0 spiro atoms. The van der Waals surface area contributed by atoms with Gasteiger partial charge in [0.2, 0.25) is 5.91 Å². The van der Waals surface area contributed by atoms with Crippen molar-refractivity contribution in [2.24, 2.45) is 0 Å². The molecule has 0 saturated heterocycles. The summed E-state index contributed by atoms with van der Waals surface area (Å²) in [6, 6.07) is 0. The number of imide groups is 1. The van der Waals surface area contributed by atoms with Gasteiger partial charge in [-0.1, -0.05) is 0 Å². The molecule has 0 fully saturated rings. The van der Waals surface area contributed by atoms with E-state index in [2.05, 4.69) is 10.1 Å². The van der Waals surface area contributed by atoms with E-state index in [0.29, 0.717) is 119 Å². The van der Waals surface area contributed by atoms with E-state index >= 15 is 0 Å². The van der Waals surface area contributed by atoms with Gasteiger partial charge in [-0.15, -0.1) is 0 Å². The molecule has 0 unspecified atom stereocenters. The van der Waals surface area contributed by atoms with Crippen LogP contribution in [0.5, 0.6) is 0 Å². The van der Waals surface area contributed by atoms with Crippen molar-refractivity contribution in [3.63, 3.8) is 0 Å². The molecule has 0 atom stereocenters. The molecule has 260 valence electrons. The first-order valence-corrected chi connectivity index (χ1v) is 14.8. The van der Waals surface area contributed by atoms with Gasteiger partial charge in [-0.05, 0) is 0 Å². The minimum Gasteiger partial charge on any atom is -0.480 e. The van der Waals surface area contributed by atoms with Crippen LogP contribution < -0.4 is 5.32 Å². The number of nitrogens with one attached hydrogen (secondary N) is 1. The van der Waals surface area contributed by atoms with Crippen molar-refractivity contribution in [2.45, 2.75) is 0 Å². The van der Waals surface area contributed by atoms with Crippen molar-refractivity contribution in [3.05, 3.63) is 12.2 Å². The number of hydrogen-bond donors (Lipinski definition) is 2. The highest BCUT2D eigenvalue weighted by Gasteiger charge is 2.22. The van der Waals surface area contributed by atoms with E-state index in [1.165, 1.54) is 12.2 Å². The molecule has 1 aliphatic rings. The predicted octanol–water partition coefficient (Wildman–Crippen LogP) is -1.72. The van der Waals surface area contributed by atoms with E-state index in [-0.39, 0.29) is 31.6 Å². The third-order valence-electron chi connectivity index (χ3n) is 5.36. The largest absolute Gasteiger partial charge is 0.480 e. The maximum Gasteiger partial charge on any atom is 0.329 e. The lowest BCUT2D eigenvalue weighted by molar-refractivity contribution is -0.144. The SMILES string of the molecule is O=C(O)COCC(=O)NCCOCCOCCOCCOCCOCCOCCOCCOCCOCCN1C(=O)C=CC1=O. The van der Waals surface area contributed by atoms with Gasteiger partial charge in [0.1, 0.15) is 13.2 Å². The molecule has 1 heterocycles. The summed E-state index contributed by atoms with van der Waals surface area (Å²) in [6.45, 7) is 7.15. The van der Waals surface area contributed by atoms with Crippen LogP contribution in [0, 0.1) is 0 Å². The number of carboxylic acid groups (broad SMARTS) is 1. The first-order chi connectivity index (χ1) is 22.0. The van der Waals surface area contributed by atoms with Crippen LogP contribution in [-0.2, 0) is 66.5 Å². The van der Waals surface area contributed by atoms with Crippen LogP contribution >= 0.6 is 0 Å². The molecule has 1 aliphatic heterocycles. The maximum absolute atomic E-state index is 11.4. The summed E-state index contributed by atoms with van der Waals surface area (Å²) in [5.74, 6) is -2.16. The first-order valence-electron chi connectivity index (χ1n) is 14.8. The molecule has 3 amide bonds. The zero-order valence-electron chi connectivity index (χ0n) is 25.8. The number of nitrogens with zero attached hydrogens (tertiary/aromatic N) is 1. The average Bonchev–Trinajstić information content (AvgIpc) is 3.34. The second kappa shape index (κ2) is 30.1. The highest BCUT2D eigenvalue weighted by atomic mass is 16.6. The summed E-state index contributed by atoms with van der Waals surface area (Å²) < 4.78 is 53.2. The van der Waals surface area contributed by atoms with Crippen molar-refractivity contribution in [1.82, 2.24) is 10.2 Å². The van der Waals surface area contributed by atoms with Crippen LogP contribution in [-0.4, -0.2) is 179 Å². The van der Waals surface area contributed by atoms with E-state index in [1.807, 2.05) is 0 Å². The van der Waals surface area contributed by atoms with Crippen LogP contribution in [0.1, 0.15) is 0 Å². The van der Waals surface area contributed by atoms with Crippen molar-refractivity contribution >= 4 is 23.7 Å². The number of aliphatic carboxylic acids is 1. The number of ether oxygens (including phenoxy) is 10. The maximum atomic E-state index is 11.4. The number of hydrogen-bond acceptors (Lipinski definition) is 14. The van der Waals surface area contributed by atoms with Crippen LogP contribution in [0.15, 0.2) is 12.2 Å². The summed E-state index contributed by atoms with van der Waals surface area (Å²) in [4.78, 5) is 45.5. The molecular formula is C28H48N2O15. The van der Waals surface area contributed by atoms with E-state index < -0.39 is 18.5 Å². The van der Waals surface area contributed by atoms with E-state index in [0.717, 1.165) is 4.90 Å². The van der Waals surface area contributed by atoms with Crippen LogP contribution in [0.2, 0.25) is 0 Å². The van der Waals surface area contributed by atoms with Gasteiger partial charge in [0.05, 0.1) is 125 Å². The molecule has 0 aliphatic carbocycles. The van der Waals surface area contributed by atoms with Gasteiger partial charge in [-0.2, -0.15) is 0 Å². The van der Waals surface area contributed by atoms with Gasteiger partial charge >= 0.3 is 5.97 Å². The smallest absolute Gasteiger partial charge is 0.329 e. The van der Waals surface area contributed by atoms with Crippen LogP contribution in [0.3, 0.4) is 0 Å². The third-order valence-corrected chi connectivity index (χ3v) is 5.36. The Morgan fingerprint density at radius 2 is 0.844 bits per heavy atom. The van der Waals surface area contributed by atoms with Crippen LogP contribution in [0.4, 0.5) is 0 Å². The van der Waals surface area contributed by atoms with E-state index in [4.69, 9.17) is 47.7 Å². The van der Waals surface area contributed by atoms with Gasteiger partial charge in [0.15, 0.2) is 0 Å². The zero-order chi connectivity index (χ0) is 32.6. The lowest BCUT2D eigenvalue weighted by Crippen LogP contribution is -2.33. The number of carboxylic acids is 1. The predicted molar refractivity (Wildman–Crippen MR) is 155 cm³/mol. The second-order valence-corrected chi connectivity index (χ2v) is 8.91. The molecule has 45 heavy (non-hydrogen) atoms. The Morgan fingerprint density at radius 1 is 0.511 bits per heavy atom. The summed E-state index contributed by atoms with van der Waals surface area (Å²) in [7, 11) is 0. The van der Waals surface area contributed by atoms with Gasteiger partial charge in [-0.3, -0.25) is 19.3 Å². The Bertz CT molecular complexity index is 797. The lowest BCUT2D eigenvalue weighted by Gasteiger charge is -2.13. The second-order valence-electron chi connectivity index (χ2n) is 8.91. The van der Waals surface area contributed by atoms with Gasteiger partial charge in [-0.25, -0.2) is 4.79 Å². The molecule has 0 radical (unpaired) electrons. The molecule has 17 heteroatoms. The minimum atomic E-state index is -1.13. The summed E-state index contributed by atoms with van der Waals surface area (Å²) in [5, 5.41) is 11.0. The van der Waals surface area contributed by atoms with Gasteiger partial charge < -0.3 is 57.8 Å². The Labute approximate surface area is 263 Å². The molecule has 1 rings (SSSR count). The monoisotopic (exact) mass is 652 g/mol. The van der Waals surface area contributed by atoms with Crippen molar-refractivity contribution in [2.75, 3.05) is 145 Å². The Morgan fingerprint density at radius 3 is 1.20 bits per heavy atom. The number of rotatable bonds is 34. The molecule has 0 aromatic rings. The minimum absolute atomic E-state index is 0.229. The fraction of sp³-hybridized carbons (Fsp3) is 0.786. The Kier molecular flexibility index (Phi) is 27.0. The molecule has 17 nitrogen and oxygen atoms in total. The van der Waals surface area contributed by atoms with Crippen molar-refractivity contribution < 1.29 is 71.7 Å². The molecular weight excluding hydrogens is 604 g/mol. The Hall–Kier alpha value is -2.58. The highest BCUT2D eigenvalue weighted by Crippen LogP contribution is 2.02. The third kappa shape index (κ3) is 26.4. The van der Waals surface area contributed by atoms with Crippen molar-refractivity contribution in [3.8, 4) is 0 Å². The number of carbonyl (C=O) groups is 4. The van der Waals surface area contributed by atoms with E-state index in [9.17, 15) is 19.2 Å². The number of amides is 3. The normalized spacial score (nSPS) is 12.8. The van der Waals surface area contributed by atoms with Gasteiger partial charge in [0.25, 0.3) is 11.8 Å². The first kappa shape index (κ1) is 40.4. The number of carbonyl (C=O) groups excluding carboxylic acids is 3. The molecule has 0 bridgehead atoms. The fourth-order valence-corrected chi connectivity index (χ4v) is 3.21. The van der Waals surface area contributed by atoms with Gasteiger partial charge in [0, 0.05) is 18.7 Å². The average molecular weight is 653 g/mol. The standard InChI is InChI=1S/C28H48N2O15/c31-25(23-45-24-28(34)35)29-3-5-36-7-9-38-11-13-40-15-17-42-19-21-44-22-20-43-18-16-41-14-12-39-10-8-37-6-4-30-26(32)1-2-27(30)33/h1-2H,3-24H2,(H,29,31)(H,34,35). The summed E-state index contributed by atoms with van der Waals surface area (Å²) in [6.07, 6.45) is 2.49. The lowest BCUT2D eigenvalue weighted by atomic mass is 10.5. The Balaban J connectivity index is 1.65. The summed E-state index contributed by atoms with van der Waals surface area (Å²) >= 11 is 0. The molecule has 0 aromatic heterocycles. The molecule has 0 aromatic carbocycles.